The van der Waals surface area contributed by atoms with Gasteiger partial charge in [-0.3, -0.25) is 5.73 Å². The molecule has 0 saturated heterocycles. The Kier molecular flexibility index (Phi) is 3.47. The lowest BCUT2D eigenvalue weighted by Gasteiger charge is -2.16. The summed E-state index contributed by atoms with van der Waals surface area (Å²) in [6.07, 6.45) is 1.27. The third kappa shape index (κ3) is 4.84. The van der Waals surface area contributed by atoms with E-state index in [0.29, 0.717) is 0 Å². The van der Waals surface area contributed by atoms with Crippen LogP contribution in [-0.4, -0.2) is 17.0 Å². The molecular formula is C8H16N3O2+. The number of nitrogens with one attached hydrogen (secondary N) is 1. The van der Waals surface area contributed by atoms with Crippen LogP contribution < -0.4 is 16.5 Å². The van der Waals surface area contributed by atoms with E-state index in [2.05, 4.69) is 4.99 Å². The Morgan fingerprint density at radius 2 is 1.85 bits per heavy atom. The van der Waals surface area contributed by atoms with Crippen LogP contribution in [0.15, 0.2) is 11.8 Å². The minimum atomic E-state index is -0.754. The first-order chi connectivity index (χ1) is 5.73. The smallest absolute Gasteiger partial charge is 0.431 e. The molecule has 5 nitrogen and oxygen atoms in total. The van der Waals surface area contributed by atoms with Gasteiger partial charge in [0.2, 0.25) is 5.84 Å². The van der Waals surface area contributed by atoms with Crippen LogP contribution in [-0.2, 0) is 0 Å². The van der Waals surface area contributed by atoms with Gasteiger partial charge in [0.15, 0.2) is 0 Å². The van der Waals surface area contributed by atoms with E-state index >= 15 is 0 Å². The van der Waals surface area contributed by atoms with Crippen molar-refractivity contribution < 1.29 is 14.9 Å². The first-order valence-corrected chi connectivity index (χ1v) is 3.83. The molecule has 0 unspecified atom stereocenters. The van der Waals surface area contributed by atoms with E-state index in [1.165, 1.54) is 6.08 Å². The van der Waals surface area contributed by atoms with Crippen LogP contribution in [0.2, 0.25) is 0 Å². The molecule has 74 valence electrons. The molecule has 0 aliphatic carbocycles. The third-order valence-electron chi connectivity index (χ3n) is 1.33. The molecule has 0 aliphatic rings. The number of carbonyl (C=O) groups excluding carboxylic acids is 1. The van der Waals surface area contributed by atoms with Crippen LogP contribution in [0, 0.1) is 5.41 Å². The summed E-state index contributed by atoms with van der Waals surface area (Å²) < 4.78 is 0. The molecule has 0 aliphatic heterocycles. The number of allylic oxidation sites excluding steroid dienone is 1. The maximum Gasteiger partial charge on any atom is 0.431 e. The number of urea groups is 1. The van der Waals surface area contributed by atoms with Crippen molar-refractivity contribution in [1.29, 1.82) is 0 Å². The zero-order valence-electron chi connectivity index (χ0n) is 8.09. The van der Waals surface area contributed by atoms with Gasteiger partial charge in [-0.2, -0.15) is 0 Å². The summed E-state index contributed by atoms with van der Waals surface area (Å²) in [6, 6.07) is -0.754. The van der Waals surface area contributed by atoms with Gasteiger partial charge in [-0.15, -0.1) is 0 Å². The van der Waals surface area contributed by atoms with Gasteiger partial charge in [0, 0.05) is 11.5 Å². The number of carbonyl (C=O) groups is 1. The third-order valence-corrected chi connectivity index (χ3v) is 1.33. The van der Waals surface area contributed by atoms with Crippen molar-refractivity contribution >= 4 is 11.9 Å². The number of rotatable bonds is 1. The minimum absolute atomic E-state index is 0.0277. The topological polar surface area (TPSA) is 103 Å². The maximum absolute atomic E-state index is 10.3. The number of hydrogen-bond acceptors (Lipinski definition) is 2. The molecule has 0 bridgehead atoms. The summed E-state index contributed by atoms with van der Waals surface area (Å²) in [5.74, 6) is 0.110. The maximum atomic E-state index is 10.3. The zero-order chi connectivity index (χ0) is 10.6. The van der Waals surface area contributed by atoms with Crippen molar-refractivity contribution in [3.63, 3.8) is 0 Å². The highest BCUT2D eigenvalue weighted by atomic mass is 16.3. The van der Waals surface area contributed by atoms with E-state index in [1.54, 1.807) is 0 Å². The fraction of sp³-hybridized carbons (Fsp3) is 0.500. The van der Waals surface area contributed by atoms with Crippen molar-refractivity contribution in [1.82, 2.24) is 0 Å². The van der Waals surface area contributed by atoms with E-state index in [0.717, 1.165) is 0 Å². The first kappa shape index (κ1) is 11.5. The SMILES string of the molecule is CC(C)(C)/C(O)=C/C(N)=[NH+]\C(N)=O. The number of aliphatic hydroxyl groups excluding tert-OH is 1. The molecule has 0 radical (unpaired) electrons. The molecule has 0 spiro atoms. The Morgan fingerprint density at radius 3 is 2.15 bits per heavy atom. The van der Waals surface area contributed by atoms with Crippen LogP contribution in [0.1, 0.15) is 20.8 Å². The second-order valence-electron chi connectivity index (χ2n) is 3.72. The number of primary amides is 1. The lowest BCUT2D eigenvalue weighted by molar-refractivity contribution is -0.340. The lowest BCUT2D eigenvalue weighted by Crippen LogP contribution is -2.81. The number of hydrogen-bond donors (Lipinski definition) is 4. The van der Waals surface area contributed by atoms with Crippen LogP contribution in [0.3, 0.4) is 0 Å². The predicted molar refractivity (Wildman–Crippen MR) is 49.9 cm³/mol. The van der Waals surface area contributed by atoms with Crippen molar-refractivity contribution in [3.8, 4) is 0 Å². The average Bonchev–Trinajstić information content (AvgIpc) is 1.82. The zero-order valence-corrected chi connectivity index (χ0v) is 8.09. The molecule has 0 rings (SSSR count). The molecule has 6 N–H and O–H groups in total. The minimum Gasteiger partial charge on any atom is -0.512 e. The fourth-order valence-electron chi connectivity index (χ4n) is 0.542. The second-order valence-corrected chi connectivity index (χ2v) is 3.72. The van der Waals surface area contributed by atoms with E-state index in [-0.39, 0.29) is 11.6 Å². The predicted octanol–water partition coefficient (Wildman–Crippen LogP) is -1.01. The molecule has 0 saturated carbocycles. The van der Waals surface area contributed by atoms with Gasteiger partial charge in [-0.05, 0) is 0 Å². The Morgan fingerprint density at radius 1 is 1.38 bits per heavy atom. The van der Waals surface area contributed by atoms with Gasteiger partial charge >= 0.3 is 6.03 Å². The molecule has 0 aromatic rings. The highest BCUT2D eigenvalue weighted by Crippen LogP contribution is 2.21. The quantitative estimate of drug-likeness (QED) is 0.240. The van der Waals surface area contributed by atoms with Crippen molar-refractivity contribution in [3.05, 3.63) is 11.8 Å². The molecule has 5 heteroatoms. The molecular weight excluding hydrogens is 170 g/mol. The van der Waals surface area contributed by atoms with Gasteiger partial charge in [-0.1, -0.05) is 20.8 Å². The Bertz CT molecular complexity index is 261. The summed E-state index contributed by atoms with van der Waals surface area (Å²) in [5, 5.41) is 9.44. The molecule has 13 heavy (non-hydrogen) atoms. The number of nitrogens with two attached hydrogens (primary N) is 2. The van der Waals surface area contributed by atoms with Gasteiger partial charge < -0.3 is 10.8 Å². The van der Waals surface area contributed by atoms with Crippen LogP contribution in [0.25, 0.3) is 0 Å². The summed E-state index contributed by atoms with van der Waals surface area (Å²) in [5.41, 5.74) is 9.76. The number of amides is 2. The molecule has 0 aromatic heterocycles. The van der Waals surface area contributed by atoms with Crippen LogP contribution in [0.5, 0.6) is 0 Å². The lowest BCUT2D eigenvalue weighted by atomic mass is 9.93. The monoisotopic (exact) mass is 186 g/mol. The van der Waals surface area contributed by atoms with Crippen molar-refractivity contribution in [2.24, 2.45) is 16.9 Å². The summed E-state index contributed by atoms with van der Waals surface area (Å²) in [6.45, 7) is 5.45. The average molecular weight is 186 g/mol. The van der Waals surface area contributed by atoms with Crippen LogP contribution in [0.4, 0.5) is 4.79 Å². The largest absolute Gasteiger partial charge is 0.512 e. The van der Waals surface area contributed by atoms with Gasteiger partial charge in [0.25, 0.3) is 0 Å². The molecule has 0 fully saturated rings. The summed E-state index contributed by atoms with van der Waals surface area (Å²) >= 11 is 0. The van der Waals surface area contributed by atoms with Crippen molar-refractivity contribution in [2.75, 3.05) is 0 Å². The highest BCUT2D eigenvalue weighted by molar-refractivity contribution is 5.89. The normalized spacial score (nSPS) is 14.4. The second kappa shape index (κ2) is 3.93. The number of aliphatic hydroxyl groups is 1. The fourth-order valence-corrected chi connectivity index (χ4v) is 0.542. The van der Waals surface area contributed by atoms with E-state index < -0.39 is 11.4 Å². The molecule has 2 amide bonds. The van der Waals surface area contributed by atoms with Crippen molar-refractivity contribution in [2.45, 2.75) is 20.8 Å². The van der Waals surface area contributed by atoms with E-state index in [1.807, 2.05) is 20.8 Å². The van der Waals surface area contributed by atoms with Gasteiger partial charge in [-0.25, -0.2) is 9.79 Å². The summed E-state index contributed by atoms with van der Waals surface area (Å²) in [7, 11) is 0. The number of amidine groups is 1. The Labute approximate surface area is 77.1 Å². The summed E-state index contributed by atoms with van der Waals surface area (Å²) in [4.78, 5) is 12.5. The van der Waals surface area contributed by atoms with Gasteiger partial charge in [0.05, 0.1) is 0 Å². The van der Waals surface area contributed by atoms with Gasteiger partial charge in [0.1, 0.15) is 5.76 Å². The highest BCUT2D eigenvalue weighted by Gasteiger charge is 2.16. The molecule has 0 aromatic carbocycles. The van der Waals surface area contributed by atoms with Crippen LogP contribution >= 0.6 is 0 Å². The molecule has 0 heterocycles. The molecule has 0 atom stereocenters. The van der Waals surface area contributed by atoms with E-state index in [4.69, 9.17) is 11.5 Å². The first-order valence-electron chi connectivity index (χ1n) is 3.83. The van der Waals surface area contributed by atoms with E-state index in [9.17, 15) is 9.90 Å². The Hall–Kier alpha value is -1.52. The Balaban J connectivity index is 4.67. The standard InChI is InChI=1S/C8H15N3O2/c1-8(2,3)5(12)4-6(9)11-7(10)13/h4,12H,1-3H3,(H4,9,10,11,13)/p+1/b5-4-.